The summed E-state index contributed by atoms with van der Waals surface area (Å²) in [4.78, 5) is 16.9. The molecule has 0 radical (unpaired) electrons. The Labute approximate surface area is 184 Å². The SMILES string of the molecule is CCc1ccc(C(=O)NC(=S)Nc2ccc(O)c(-c3nc4ccc(C)cc4o3)c2)cc1. The molecule has 3 aromatic carbocycles. The van der Waals surface area contributed by atoms with E-state index in [1.807, 2.05) is 37.3 Å². The molecule has 0 aliphatic carbocycles. The van der Waals surface area contributed by atoms with Crippen molar-refractivity contribution in [1.29, 1.82) is 0 Å². The average Bonchev–Trinajstić information content (AvgIpc) is 3.18. The predicted molar refractivity (Wildman–Crippen MR) is 125 cm³/mol. The molecular formula is C24H21N3O3S. The minimum absolute atomic E-state index is 0.0276. The molecule has 7 heteroatoms. The number of nitrogens with one attached hydrogen (secondary N) is 2. The van der Waals surface area contributed by atoms with Gasteiger partial charge in [0.2, 0.25) is 5.89 Å². The van der Waals surface area contributed by atoms with Crippen LogP contribution in [0.1, 0.15) is 28.4 Å². The van der Waals surface area contributed by atoms with Crippen LogP contribution in [0.4, 0.5) is 5.69 Å². The fraction of sp³-hybridized carbons (Fsp3) is 0.125. The molecule has 6 nitrogen and oxygen atoms in total. The van der Waals surface area contributed by atoms with Crippen molar-refractivity contribution in [2.45, 2.75) is 20.3 Å². The second-order valence-electron chi connectivity index (χ2n) is 7.18. The number of aromatic nitrogens is 1. The first kappa shape index (κ1) is 20.6. The molecule has 0 atom stereocenters. The van der Waals surface area contributed by atoms with Crippen molar-refractivity contribution >= 4 is 40.0 Å². The summed E-state index contributed by atoms with van der Waals surface area (Å²) in [5.41, 5.74) is 5.08. The number of thiocarbonyl (C=S) groups is 1. The quantitative estimate of drug-likeness (QED) is 0.304. The molecule has 0 saturated heterocycles. The fourth-order valence-corrected chi connectivity index (χ4v) is 3.37. The Morgan fingerprint density at radius 3 is 2.61 bits per heavy atom. The third-order valence-electron chi connectivity index (χ3n) is 4.88. The lowest BCUT2D eigenvalue weighted by Crippen LogP contribution is -2.34. The van der Waals surface area contributed by atoms with E-state index in [1.54, 1.807) is 24.3 Å². The highest BCUT2D eigenvalue weighted by Crippen LogP contribution is 2.33. The summed E-state index contributed by atoms with van der Waals surface area (Å²) in [6, 6.07) is 17.9. The van der Waals surface area contributed by atoms with E-state index in [1.165, 1.54) is 6.07 Å². The zero-order chi connectivity index (χ0) is 22.0. The largest absolute Gasteiger partial charge is 0.507 e. The summed E-state index contributed by atoms with van der Waals surface area (Å²) in [7, 11) is 0. The molecule has 31 heavy (non-hydrogen) atoms. The van der Waals surface area contributed by atoms with E-state index < -0.39 is 0 Å². The number of aryl methyl sites for hydroxylation is 2. The lowest BCUT2D eigenvalue weighted by atomic mass is 10.1. The number of phenolic OH excluding ortho intramolecular Hbond substituents is 1. The third kappa shape index (κ3) is 4.57. The van der Waals surface area contributed by atoms with Gasteiger partial charge in [-0.25, -0.2) is 4.98 Å². The minimum Gasteiger partial charge on any atom is -0.507 e. The molecule has 0 fully saturated rings. The molecular weight excluding hydrogens is 410 g/mol. The molecule has 0 aliphatic rings. The minimum atomic E-state index is -0.298. The van der Waals surface area contributed by atoms with Gasteiger partial charge < -0.3 is 14.8 Å². The number of phenols is 1. The van der Waals surface area contributed by atoms with Gasteiger partial charge in [-0.05, 0) is 79.2 Å². The number of benzene rings is 3. The summed E-state index contributed by atoms with van der Waals surface area (Å²) in [6.07, 6.45) is 0.907. The molecule has 0 bridgehead atoms. The number of carbonyl (C=O) groups is 1. The second kappa shape index (κ2) is 8.57. The van der Waals surface area contributed by atoms with Gasteiger partial charge in [-0.3, -0.25) is 10.1 Å². The number of fused-ring (bicyclic) bond motifs is 1. The number of hydrogen-bond donors (Lipinski definition) is 3. The van der Waals surface area contributed by atoms with Crippen molar-refractivity contribution in [2.24, 2.45) is 0 Å². The number of anilines is 1. The molecule has 4 rings (SSSR count). The number of nitrogens with zero attached hydrogens (tertiary/aromatic N) is 1. The molecule has 1 heterocycles. The van der Waals surface area contributed by atoms with E-state index in [-0.39, 0.29) is 16.8 Å². The number of rotatable bonds is 4. The zero-order valence-electron chi connectivity index (χ0n) is 17.1. The number of aromatic hydroxyl groups is 1. The smallest absolute Gasteiger partial charge is 0.257 e. The first-order chi connectivity index (χ1) is 14.9. The van der Waals surface area contributed by atoms with E-state index >= 15 is 0 Å². The van der Waals surface area contributed by atoms with Crippen LogP contribution in [-0.2, 0) is 6.42 Å². The van der Waals surface area contributed by atoms with Crippen molar-refractivity contribution in [2.75, 3.05) is 5.32 Å². The highest BCUT2D eigenvalue weighted by molar-refractivity contribution is 7.80. The van der Waals surface area contributed by atoms with E-state index in [0.717, 1.165) is 17.5 Å². The molecule has 1 amide bonds. The van der Waals surface area contributed by atoms with Crippen LogP contribution in [0.5, 0.6) is 5.75 Å². The Morgan fingerprint density at radius 1 is 1.10 bits per heavy atom. The molecule has 1 aromatic heterocycles. The van der Waals surface area contributed by atoms with Crippen LogP contribution in [0.15, 0.2) is 65.1 Å². The highest BCUT2D eigenvalue weighted by Gasteiger charge is 2.14. The lowest BCUT2D eigenvalue weighted by Gasteiger charge is -2.11. The maximum absolute atomic E-state index is 12.4. The van der Waals surface area contributed by atoms with Crippen LogP contribution in [0.25, 0.3) is 22.6 Å². The molecule has 0 unspecified atom stereocenters. The van der Waals surface area contributed by atoms with Crippen LogP contribution in [0, 0.1) is 6.92 Å². The Hall–Kier alpha value is -3.71. The monoisotopic (exact) mass is 431 g/mol. The number of amides is 1. The van der Waals surface area contributed by atoms with E-state index in [0.29, 0.717) is 33.8 Å². The average molecular weight is 432 g/mol. The van der Waals surface area contributed by atoms with Crippen molar-refractivity contribution in [1.82, 2.24) is 10.3 Å². The molecule has 0 aliphatic heterocycles. The van der Waals surface area contributed by atoms with Gasteiger partial charge in [0.1, 0.15) is 11.3 Å². The molecule has 4 aromatic rings. The maximum atomic E-state index is 12.4. The Balaban J connectivity index is 1.50. The highest BCUT2D eigenvalue weighted by atomic mass is 32.1. The summed E-state index contributed by atoms with van der Waals surface area (Å²) >= 11 is 5.28. The van der Waals surface area contributed by atoms with Crippen LogP contribution < -0.4 is 10.6 Å². The predicted octanol–water partition coefficient (Wildman–Crippen LogP) is 5.20. The lowest BCUT2D eigenvalue weighted by molar-refractivity contribution is 0.0977. The van der Waals surface area contributed by atoms with E-state index in [9.17, 15) is 9.90 Å². The topological polar surface area (TPSA) is 87.4 Å². The Kier molecular flexibility index (Phi) is 5.68. The molecule has 156 valence electrons. The number of oxazole rings is 1. The Bertz CT molecular complexity index is 1280. The number of carbonyl (C=O) groups excluding carboxylic acids is 1. The Morgan fingerprint density at radius 2 is 1.87 bits per heavy atom. The van der Waals surface area contributed by atoms with Gasteiger partial charge in [0.15, 0.2) is 10.7 Å². The zero-order valence-corrected chi connectivity index (χ0v) is 17.9. The molecule has 0 saturated carbocycles. The first-order valence-corrected chi connectivity index (χ1v) is 10.3. The van der Waals surface area contributed by atoms with Gasteiger partial charge in [-0.2, -0.15) is 0 Å². The van der Waals surface area contributed by atoms with Crippen molar-refractivity contribution in [3.63, 3.8) is 0 Å². The van der Waals surface area contributed by atoms with Gasteiger partial charge in [0.25, 0.3) is 5.91 Å². The van der Waals surface area contributed by atoms with Gasteiger partial charge >= 0.3 is 0 Å². The fourth-order valence-electron chi connectivity index (χ4n) is 3.16. The van der Waals surface area contributed by atoms with Crippen molar-refractivity contribution in [3.05, 3.63) is 77.4 Å². The van der Waals surface area contributed by atoms with Crippen LogP contribution in [0.3, 0.4) is 0 Å². The second-order valence-corrected chi connectivity index (χ2v) is 7.59. The van der Waals surface area contributed by atoms with Crippen molar-refractivity contribution in [3.8, 4) is 17.2 Å². The van der Waals surface area contributed by atoms with Gasteiger partial charge in [0.05, 0.1) is 5.56 Å². The maximum Gasteiger partial charge on any atom is 0.257 e. The standard InChI is InChI=1S/C24H21N3O3S/c1-3-15-5-7-16(8-6-15)22(29)27-24(31)25-17-9-11-20(28)18(13-17)23-26-19-10-4-14(2)12-21(19)30-23/h4-13,28H,3H2,1-2H3,(H2,25,27,29,31). The first-order valence-electron chi connectivity index (χ1n) is 9.85. The molecule has 0 spiro atoms. The van der Waals surface area contributed by atoms with Gasteiger partial charge in [-0.1, -0.05) is 25.1 Å². The normalized spacial score (nSPS) is 10.8. The summed E-state index contributed by atoms with van der Waals surface area (Å²) in [5, 5.41) is 16.1. The van der Waals surface area contributed by atoms with Crippen LogP contribution >= 0.6 is 12.2 Å². The summed E-state index contributed by atoms with van der Waals surface area (Å²) in [5.74, 6) is 0.0287. The van der Waals surface area contributed by atoms with Crippen LogP contribution in [0.2, 0.25) is 0 Å². The molecule has 3 N–H and O–H groups in total. The van der Waals surface area contributed by atoms with Crippen molar-refractivity contribution < 1.29 is 14.3 Å². The third-order valence-corrected chi connectivity index (χ3v) is 5.08. The van der Waals surface area contributed by atoms with Gasteiger partial charge in [0, 0.05) is 11.3 Å². The van der Waals surface area contributed by atoms with Crippen LogP contribution in [-0.4, -0.2) is 21.1 Å². The number of hydrogen-bond acceptors (Lipinski definition) is 5. The summed E-state index contributed by atoms with van der Waals surface area (Å²) < 4.78 is 5.82. The van der Waals surface area contributed by atoms with Gasteiger partial charge in [-0.15, -0.1) is 0 Å². The van der Waals surface area contributed by atoms with E-state index in [2.05, 4.69) is 22.5 Å². The van der Waals surface area contributed by atoms with E-state index in [4.69, 9.17) is 16.6 Å². The summed E-state index contributed by atoms with van der Waals surface area (Å²) in [6.45, 7) is 4.03.